The van der Waals surface area contributed by atoms with Crippen molar-refractivity contribution in [2.45, 2.75) is 76.4 Å². The smallest absolute Gasteiger partial charge is 0.287 e. The molecule has 2 aliphatic heterocycles. The minimum Gasteiger partial charge on any atom is -0.393 e. The van der Waals surface area contributed by atoms with Crippen LogP contribution in [0.25, 0.3) is 0 Å². The number of amides is 1. The fourth-order valence-corrected chi connectivity index (χ4v) is 5.72. The number of nitriles is 1. The summed E-state index contributed by atoms with van der Waals surface area (Å²) in [6.07, 6.45) is 17.2. The molecule has 8 nitrogen and oxygen atoms in total. The molecule has 3 aliphatic rings. The van der Waals surface area contributed by atoms with E-state index in [-0.39, 0.29) is 36.6 Å². The largest absolute Gasteiger partial charge is 0.393 e. The molecule has 8 heteroatoms. The predicted octanol–water partition coefficient (Wildman–Crippen LogP) is 3.70. The average Bonchev–Trinajstić information content (AvgIpc) is 3.47. The minimum atomic E-state index is -0.599. The first kappa shape index (κ1) is 26.3. The molecule has 3 heterocycles. The maximum Gasteiger partial charge on any atom is 0.287 e. The van der Waals surface area contributed by atoms with Gasteiger partial charge >= 0.3 is 0 Å². The number of H-pyrrole nitrogens is 1. The molecular formula is C28H38N4O4. The lowest BCUT2D eigenvalue weighted by Crippen LogP contribution is -2.48. The summed E-state index contributed by atoms with van der Waals surface area (Å²) in [6, 6.07) is 1.90. The second-order valence-electron chi connectivity index (χ2n) is 11.4. The van der Waals surface area contributed by atoms with E-state index in [0.29, 0.717) is 24.8 Å². The van der Waals surface area contributed by atoms with Crippen LogP contribution in [0.5, 0.6) is 0 Å². The van der Waals surface area contributed by atoms with Crippen molar-refractivity contribution >= 4 is 5.91 Å². The van der Waals surface area contributed by atoms with Crippen molar-refractivity contribution in [3.63, 3.8) is 0 Å². The molecule has 2 bridgehead atoms. The number of imidazole rings is 1. The van der Waals surface area contributed by atoms with E-state index in [4.69, 9.17) is 10.00 Å². The van der Waals surface area contributed by atoms with E-state index in [1.807, 2.05) is 12.1 Å². The number of aliphatic hydroxyl groups is 2. The molecule has 4 N–H and O–H groups in total. The Kier molecular flexibility index (Phi) is 7.84. The molecule has 194 valence electrons. The van der Waals surface area contributed by atoms with Crippen LogP contribution in [0, 0.1) is 22.7 Å². The molecule has 1 aliphatic carbocycles. The van der Waals surface area contributed by atoms with Gasteiger partial charge in [-0.05, 0) is 68.3 Å². The van der Waals surface area contributed by atoms with E-state index >= 15 is 0 Å². The van der Waals surface area contributed by atoms with Gasteiger partial charge in [0.2, 0.25) is 0 Å². The van der Waals surface area contributed by atoms with Gasteiger partial charge in [0.25, 0.3) is 5.91 Å². The highest BCUT2D eigenvalue weighted by molar-refractivity contribution is 5.90. The number of allylic oxidation sites excluding steroid dienone is 5. The Morgan fingerprint density at radius 1 is 1.28 bits per heavy atom. The third kappa shape index (κ3) is 5.97. The van der Waals surface area contributed by atoms with Gasteiger partial charge in [-0.1, -0.05) is 43.7 Å². The van der Waals surface area contributed by atoms with Gasteiger partial charge in [-0.15, -0.1) is 0 Å². The molecule has 36 heavy (non-hydrogen) atoms. The lowest BCUT2D eigenvalue weighted by atomic mass is 9.76. The second kappa shape index (κ2) is 10.7. The van der Waals surface area contributed by atoms with Gasteiger partial charge in [0.05, 0.1) is 24.4 Å². The van der Waals surface area contributed by atoms with Gasteiger partial charge in [0.15, 0.2) is 11.5 Å². The number of hydrogen-bond donors (Lipinski definition) is 4. The Hall–Kier alpha value is -2.73. The van der Waals surface area contributed by atoms with E-state index in [2.05, 4.69) is 47.4 Å². The van der Waals surface area contributed by atoms with Crippen LogP contribution in [0.4, 0.5) is 0 Å². The van der Waals surface area contributed by atoms with Crippen LogP contribution < -0.4 is 5.32 Å². The SMILES string of the molecule is CC1(C)CC=C(C/C=C(\C=C/CNC(=O)c2nc(C#N)c[nH]2)[C@@H]2C[C@]3(CO)CC[C@](CO)(C2)O3)CC1. The van der Waals surface area contributed by atoms with Crippen molar-refractivity contribution in [3.05, 3.63) is 53.2 Å². The summed E-state index contributed by atoms with van der Waals surface area (Å²) in [4.78, 5) is 19.0. The standard InChI is InChI=1S/C28H38N4O4/c1-26(2)9-7-20(8-10-26)5-6-21(4-3-13-30-25(35)24-31-17-23(16-29)32-24)22-14-27(18-33)11-12-28(15-22,19-34)36-27/h3-4,6-7,17,22,33-34H,5,8-15,18-19H2,1-2H3,(H,30,35)(H,31,32)/b4-3-,21-6+/t22-,27+,28-. The summed E-state index contributed by atoms with van der Waals surface area (Å²) in [5, 5.41) is 32.0. The Morgan fingerprint density at radius 2 is 2.00 bits per heavy atom. The first-order valence-corrected chi connectivity index (χ1v) is 12.9. The highest BCUT2D eigenvalue weighted by Gasteiger charge is 2.55. The number of hydrogen-bond acceptors (Lipinski definition) is 6. The molecule has 1 aromatic rings. The van der Waals surface area contributed by atoms with Gasteiger partial charge in [-0.3, -0.25) is 4.79 Å². The predicted molar refractivity (Wildman–Crippen MR) is 136 cm³/mol. The highest BCUT2D eigenvalue weighted by Crippen LogP contribution is 2.52. The Labute approximate surface area is 213 Å². The van der Waals surface area contributed by atoms with E-state index in [1.165, 1.54) is 18.2 Å². The van der Waals surface area contributed by atoms with Gasteiger partial charge in [0, 0.05) is 12.7 Å². The average molecular weight is 495 g/mol. The van der Waals surface area contributed by atoms with Crippen molar-refractivity contribution in [1.29, 1.82) is 5.26 Å². The Bertz CT molecular complexity index is 1080. The lowest BCUT2D eigenvalue weighted by Gasteiger charge is -2.43. The van der Waals surface area contributed by atoms with Gasteiger partial charge in [-0.25, -0.2) is 4.98 Å². The first-order chi connectivity index (χ1) is 17.2. The number of carbonyl (C=O) groups excluding carboxylic acids is 1. The molecule has 1 aromatic heterocycles. The highest BCUT2D eigenvalue weighted by atomic mass is 16.6. The first-order valence-electron chi connectivity index (χ1n) is 12.9. The van der Waals surface area contributed by atoms with Crippen LogP contribution in [-0.2, 0) is 4.74 Å². The van der Waals surface area contributed by atoms with Crippen LogP contribution >= 0.6 is 0 Å². The second-order valence-corrected chi connectivity index (χ2v) is 11.4. The fourth-order valence-electron chi connectivity index (χ4n) is 5.72. The molecule has 0 aromatic carbocycles. The van der Waals surface area contributed by atoms with Gasteiger partial charge in [-0.2, -0.15) is 5.26 Å². The molecule has 2 saturated heterocycles. The fraction of sp³-hybridized carbons (Fsp3) is 0.607. The van der Waals surface area contributed by atoms with E-state index in [1.54, 1.807) is 0 Å². The van der Waals surface area contributed by atoms with Crippen molar-refractivity contribution in [2.75, 3.05) is 19.8 Å². The Morgan fingerprint density at radius 3 is 2.58 bits per heavy atom. The van der Waals surface area contributed by atoms with Crippen LogP contribution in [0.1, 0.15) is 81.5 Å². The third-order valence-corrected chi connectivity index (χ3v) is 8.02. The molecule has 2 fully saturated rings. The normalized spacial score (nSPS) is 29.7. The number of nitrogens with one attached hydrogen (secondary N) is 2. The molecule has 0 unspecified atom stereocenters. The minimum absolute atomic E-state index is 0.0492. The molecule has 0 spiro atoms. The van der Waals surface area contributed by atoms with Crippen molar-refractivity contribution in [1.82, 2.24) is 15.3 Å². The summed E-state index contributed by atoms with van der Waals surface area (Å²) < 4.78 is 6.23. The maximum atomic E-state index is 12.3. The molecule has 3 atom stereocenters. The van der Waals surface area contributed by atoms with Crippen molar-refractivity contribution in [2.24, 2.45) is 11.3 Å². The number of aromatic nitrogens is 2. The summed E-state index contributed by atoms with van der Waals surface area (Å²) in [5.74, 6) is -0.112. The lowest BCUT2D eigenvalue weighted by molar-refractivity contribution is -0.181. The van der Waals surface area contributed by atoms with Crippen LogP contribution in [-0.4, -0.2) is 57.0 Å². The van der Waals surface area contributed by atoms with Crippen molar-refractivity contribution < 1.29 is 19.7 Å². The number of fused-ring (bicyclic) bond motifs is 2. The van der Waals surface area contributed by atoms with Crippen LogP contribution in [0.15, 0.2) is 41.6 Å². The quantitative estimate of drug-likeness (QED) is 0.306. The summed E-state index contributed by atoms with van der Waals surface area (Å²) in [7, 11) is 0. The van der Waals surface area contributed by atoms with E-state index in [0.717, 1.165) is 37.7 Å². The van der Waals surface area contributed by atoms with Gasteiger partial charge < -0.3 is 25.3 Å². The molecule has 0 saturated carbocycles. The maximum absolute atomic E-state index is 12.3. The summed E-state index contributed by atoms with van der Waals surface area (Å²) in [5.41, 5.74) is 1.93. The monoisotopic (exact) mass is 494 g/mol. The zero-order valence-electron chi connectivity index (χ0n) is 21.3. The topological polar surface area (TPSA) is 131 Å². The van der Waals surface area contributed by atoms with Crippen LogP contribution in [0.3, 0.4) is 0 Å². The van der Waals surface area contributed by atoms with E-state index in [9.17, 15) is 15.0 Å². The zero-order chi connectivity index (χ0) is 25.8. The molecule has 4 rings (SSSR count). The number of nitrogens with zero attached hydrogens (tertiary/aromatic N) is 2. The third-order valence-electron chi connectivity index (χ3n) is 8.02. The number of carbonyl (C=O) groups is 1. The number of ether oxygens (including phenoxy) is 1. The van der Waals surface area contributed by atoms with Crippen molar-refractivity contribution in [3.8, 4) is 6.07 Å². The molecule has 1 amide bonds. The van der Waals surface area contributed by atoms with E-state index < -0.39 is 11.2 Å². The number of rotatable bonds is 9. The number of aromatic amines is 1. The zero-order valence-corrected chi connectivity index (χ0v) is 21.3. The molecular weight excluding hydrogens is 456 g/mol. The number of aliphatic hydroxyl groups excluding tert-OH is 2. The summed E-state index contributed by atoms with van der Waals surface area (Å²) >= 11 is 0. The Balaban J connectivity index is 1.48. The van der Waals surface area contributed by atoms with Gasteiger partial charge in [0.1, 0.15) is 6.07 Å². The van der Waals surface area contributed by atoms with Crippen LogP contribution in [0.2, 0.25) is 0 Å². The summed E-state index contributed by atoms with van der Waals surface area (Å²) in [6.45, 7) is 4.83. The molecule has 0 radical (unpaired) electrons.